The smallest absolute Gasteiger partial charge is 0.0794 e. The van der Waals surface area contributed by atoms with Gasteiger partial charge in [-0.25, -0.2) is 0 Å². The minimum absolute atomic E-state index is 0.441. The maximum atomic E-state index is 4.37. The maximum absolute atomic E-state index is 4.37. The molecule has 3 heteroatoms. The molecule has 0 aromatic carbocycles. The van der Waals surface area contributed by atoms with Crippen molar-refractivity contribution in [2.24, 2.45) is 5.41 Å². The van der Waals surface area contributed by atoms with Gasteiger partial charge in [-0.05, 0) is 37.3 Å². The van der Waals surface area contributed by atoms with Crippen molar-refractivity contribution < 1.29 is 0 Å². The van der Waals surface area contributed by atoms with Gasteiger partial charge in [-0.2, -0.15) is 5.10 Å². The fourth-order valence-corrected chi connectivity index (χ4v) is 2.23. The Hall–Kier alpha value is -0.830. The monoisotopic (exact) mass is 193 g/mol. The average molecular weight is 193 g/mol. The van der Waals surface area contributed by atoms with Crippen molar-refractivity contribution >= 4 is 0 Å². The highest BCUT2D eigenvalue weighted by Crippen LogP contribution is 2.34. The van der Waals surface area contributed by atoms with E-state index in [0.29, 0.717) is 5.41 Å². The molecule has 0 saturated carbocycles. The van der Waals surface area contributed by atoms with E-state index in [4.69, 9.17) is 0 Å². The highest BCUT2D eigenvalue weighted by atomic mass is 15.1. The van der Waals surface area contributed by atoms with E-state index in [1.807, 2.05) is 7.05 Å². The summed E-state index contributed by atoms with van der Waals surface area (Å²) < 4.78 is 0. The van der Waals surface area contributed by atoms with Crippen LogP contribution in [0.1, 0.15) is 37.2 Å². The van der Waals surface area contributed by atoms with Crippen molar-refractivity contribution in [3.8, 4) is 0 Å². The quantitative estimate of drug-likeness (QED) is 0.749. The SMILES string of the molecule is CNCc1n[nH]c2c1CCC(C)(C)C2. The number of hydrogen-bond donors (Lipinski definition) is 2. The van der Waals surface area contributed by atoms with E-state index in [9.17, 15) is 0 Å². The van der Waals surface area contributed by atoms with Crippen LogP contribution in [0.25, 0.3) is 0 Å². The second kappa shape index (κ2) is 3.39. The molecule has 1 aliphatic carbocycles. The van der Waals surface area contributed by atoms with Gasteiger partial charge in [0.2, 0.25) is 0 Å². The molecular weight excluding hydrogens is 174 g/mol. The summed E-state index contributed by atoms with van der Waals surface area (Å²) in [5, 5.41) is 10.7. The van der Waals surface area contributed by atoms with E-state index in [0.717, 1.165) is 13.0 Å². The van der Waals surface area contributed by atoms with E-state index >= 15 is 0 Å². The lowest BCUT2D eigenvalue weighted by Gasteiger charge is -2.29. The van der Waals surface area contributed by atoms with Gasteiger partial charge < -0.3 is 5.32 Å². The molecule has 2 N–H and O–H groups in total. The zero-order valence-electron chi connectivity index (χ0n) is 9.28. The Kier molecular flexibility index (Phi) is 2.35. The molecule has 3 nitrogen and oxygen atoms in total. The Morgan fingerprint density at radius 3 is 3.00 bits per heavy atom. The number of nitrogens with zero attached hydrogens (tertiary/aromatic N) is 1. The van der Waals surface area contributed by atoms with Crippen LogP contribution in [0.4, 0.5) is 0 Å². The standard InChI is InChI=1S/C11H19N3/c1-11(2)5-4-8-9(6-11)13-14-10(8)7-12-3/h12H,4-7H2,1-3H3,(H,13,14). The van der Waals surface area contributed by atoms with Gasteiger partial charge in [0.25, 0.3) is 0 Å². The van der Waals surface area contributed by atoms with Crippen molar-refractivity contribution in [1.29, 1.82) is 0 Å². The molecule has 1 heterocycles. The number of aromatic nitrogens is 2. The van der Waals surface area contributed by atoms with Gasteiger partial charge in [-0.3, -0.25) is 5.10 Å². The van der Waals surface area contributed by atoms with Crippen LogP contribution < -0.4 is 5.32 Å². The minimum atomic E-state index is 0.441. The van der Waals surface area contributed by atoms with Crippen LogP contribution in [0.15, 0.2) is 0 Å². The van der Waals surface area contributed by atoms with Crippen LogP contribution in [-0.4, -0.2) is 17.2 Å². The van der Waals surface area contributed by atoms with Gasteiger partial charge in [-0.15, -0.1) is 0 Å². The molecule has 0 aliphatic heterocycles. The van der Waals surface area contributed by atoms with Crippen LogP contribution in [-0.2, 0) is 19.4 Å². The molecule has 0 amide bonds. The number of H-pyrrole nitrogens is 1. The minimum Gasteiger partial charge on any atom is -0.314 e. The van der Waals surface area contributed by atoms with Crippen molar-refractivity contribution in [3.63, 3.8) is 0 Å². The number of aromatic amines is 1. The van der Waals surface area contributed by atoms with Crippen molar-refractivity contribution in [2.45, 2.75) is 39.7 Å². The lowest BCUT2D eigenvalue weighted by molar-refractivity contribution is 0.311. The third-order valence-electron chi connectivity index (χ3n) is 3.09. The Labute approximate surface area is 85.3 Å². The summed E-state index contributed by atoms with van der Waals surface area (Å²) in [5.41, 5.74) is 4.46. The summed E-state index contributed by atoms with van der Waals surface area (Å²) in [4.78, 5) is 0. The van der Waals surface area contributed by atoms with Crippen LogP contribution in [0, 0.1) is 5.41 Å². The first-order valence-corrected chi connectivity index (χ1v) is 5.32. The predicted molar refractivity (Wildman–Crippen MR) is 57.2 cm³/mol. The maximum Gasteiger partial charge on any atom is 0.0794 e. The number of fused-ring (bicyclic) bond motifs is 1. The predicted octanol–water partition coefficient (Wildman–Crippen LogP) is 1.64. The number of hydrogen-bond acceptors (Lipinski definition) is 2. The summed E-state index contributed by atoms with van der Waals surface area (Å²) in [6, 6.07) is 0. The van der Waals surface area contributed by atoms with E-state index < -0.39 is 0 Å². The lowest BCUT2D eigenvalue weighted by atomic mass is 9.76. The van der Waals surface area contributed by atoms with Crippen LogP contribution in [0.3, 0.4) is 0 Å². The molecule has 0 radical (unpaired) electrons. The second-order valence-electron chi connectivity index (χ2n) is 5.00. The molecule has 0 bridgehead atoms. The van der Waals surface area contributed by atoms with Crippen LogP contribution in [0.5, 0.6) is 0 Å². The molecule has 0 atom stereocenters. The number of rotatable bonds is 2. The highest BCUT2D eigenvalue weighted by molar-refractivity contribution is 5.29. The van der Waals surface area contributed by atoms with Gasteiger partial charge in [0.1, 0.15) is 0 Å². The third kappa shape index (κ3) is 1.69. The van der Waals surface area contributed by atoms with Gasteiger partial charge in [0.05, 0.1) is 5.69 Å². The molecule has 14 heavy (non-hydrogen) atoms. The summed E-state index contributed by atoms with van der Waals surface area (Å²) in [7, 11) is 1.97. The fraction of sp³-hybridized carbons (Fsp3) is 0.727. The molecule has 0 fully saturated rings. The summed E-state index contributed by atoms with van der Waals surface area (Å²) in [6.07, 6.45) is 3.59. The molecule has 2 rings (SSSR count). The zero-order chi connectivity index (χ0) is 10.2. The molecule has 1 aromatic rings. The molecule has 1 aromatic heterocycles. The molecule has 0 unspecified atom stereocenters. The van der Waals surface area contributed by atoms with Gasteiger partial charge in [-0.1, -0.05) is 13.8 Å². The van der Waals surface area contributed by atoms with E-state index in [-0.39, 0.29) is 0 Å². The molecule has 78 valence electrons. The van der Waals surface area contributed by atoms with Crippen LogP contribution in [0.2, 0.25) is 0 Å². The third-order valence-corrected chi connectivity index (χ3v) is 3.09. The zero-order valence-corrected chi connectivity index (χ0v) is 9.28. The highest BCUT2D eigenvalue weighted by Gasteiger charge is 2.28. The van der Waals surface area contributed by atoms with Crippen LogP contribution >= 0.6 is 0 Å². The Morgan fingerprint density at radius 1 is 1.50 bits per heavy atom. The fourth-order valence-electron chi connectivity index (χ4n) is 2.23. The first-order valence-electron chi connectivity index (χ1n) is 5.32. The Balaban J connectivity index is 2.25. The van der Waals surface area contributed by atoms with E-state index in [1.54, 1.807) is 0 Å². The second-order valence-corrected chi connectivity index (χ2v) is 5.00. The largest absolute Gasteiger partial charge is 0.314 e. The lowest BCUT2D eigenvalue weighted by Crippen LogP contribution is -2.22. The van der Waals surface area contributed by atoms with Crippen molar-refractivity contribution in [2.75, 3.05) is 7.05 Å². The van der Waals surface area contributed by atoms with E-state index in [1.165, 1.54) is 29.8 Å². The van der Waals surface area contributed by atoms with Gasteiger partial charge in [0, 0.05) is 12.2 Å². The van der Waals surface area contributed by atoms with Crippen molar-refractivity contribution in [1.82, 2.24) is 15.5 Å². The Bertz CT molecular complexity index is 325. The molecule has 0 spiro atoms. The van der Waals surface area contributed by atoms with Crippen molar-refractivity contribution in [3.05, 3.63) is 17.0 Å². The Morgan fingerprint density at radius 2 is 2.29 bits per heavy atom. The first-order chi connectivity index (χ1) is 6.62. The molecule has 1 aliphatic rings. The van der Waals surface area contributed by atoms with Gasteiger partial charge >= 0.3 is 0 Å². The summed E-state index contributed by atoms with van der Waals surface area (Å²) >= 11 is 0. The summed E-state index contributed by atoms with van der Waals surface area (Å²) in [6.45, 7) is 5.54. The summed E-state index contributed by atoms with van der Waals surface area (Å²) in [5.74, 6) is 0. The normalized spacial score (nSPS) is 19.4. The molecular formula is C11H19N3. The topological polar surface area (TPSA) is 40.7 Å². The van der Waals surface area contributed by atoms with Gasteiger partial charge in [0.15, 0.2) is 0 Å². The molecule has 0 saturated heterocycles. The van der Waals surface area contributed by atoms with E-state index in [2.05, 4.69) is 29.4 Å². The first kappa shape index (κ1) is 9.71. The number of nitrogens with one attached hydrogen (secondary N) is 2. The average Bonchev–Trinajstić information content (AvgIpc) is 2.47.